The van der Waals surface area contributed by atoms with Gasteiger partial charge in [-0.15, -0.1) is 0 Å². The van der Waals surface area contributed by atoms with E-state index in [0.717, 1.165) is 11.1 Å². The van der Waals surface area contributed by atoms with Gasteiger partial charge in [-0.2, -0.15) is 5.10 Å². The normalized spacial score (nSPS) is 10.6. The topological polar surface area (TPSA) is 59.9 Å². The Morgan fingerprint density at radius 3 is 2.41 bits per heavy atom. The Bertz CT molecular complexity index is 906. The van der Waals surface area contributed by atoms with Gasteiger partial charge in [0.05, 0.1) is 13.3 Å². The molecule has 0 heterocycles. The number of benzene rings is 3. The highest BCUT2D eigenvalue weighted by Crippen LogP contribution is 2.17. The fourth-order valence-electron chi connectivity index (χ4n) is 2.42. The van der Waals surface area contributed by atoms with Crippen LogP contribution in [0.5, 0.6) is 11.5 Å². The molecule has 0 aliphatic carbocycles. The Hall–Kier alpha value is -3.60. The number of nitrogens with zero attached hydrogens (tertiary/aromatic N) is 1. The van der Waals surface area contributed by atoms with Gasteiger partial charge in [0.15, 0.2) is 0 Å². The molecule has 1 amide bonds. The van der Waals surface area contributed by atoms with Crippen molar-refractivity contribution in [3.05, 3.63) is 95.6 Å². The molecule has 0 atom stereocenters. The summed E-state index contributed by atoms with van der Waals surface area (Å²) in [7, 11) is 1.58. The number of hydrogen-bond acceptors (Lipinski definition) is 4. The van der Waals surface area contributed by atoms with Crippen LogP contribution in [0.25, 0.3) is 0 Å². The highest BCUT2D eigenvalue weighted by Gasteiger charge is 2.05. The zero-order valence-corrected chi connectivity index (χ0v) is 15.0. The molecule has 0 bridgehead atoms. The van der Waals surface area contributed by atoms with Crippen LogP contribution >= 0.6 is 0 Å². The quantitative estimate of drug-likeness (QED) is 0.511. The van der Waals surface area contributed by atoms with E-state index in [2.05, 4.69) is 10.5 Å². The van der Waals surface area contributed by atoms with Crippen LogP contribution < -0.4 is 14.9 Å². The van der Waals surface area contributed by atoms with Gasteiger partial charge in [-0.3, -0.25) is 4.79 Å². The van der Waals surface area contributed by atoms with Crippen molar-refractivity contribution in [2.24, 2.45) is 5.10 Å². The molecule has 0 saturated carbocycles. The molecule has 3 aromatic rings. The van der Waals surface area contributed by atoms with E-state index in [1.54, 1.807) is 37.6 Å². The van der Waals surface area contributed by atoms with Gasteiger partial charge in [-0.05, 0) is 42.0 Å². The van der Waals surface area contributed by atoms with Crippen LogP contribution in [-0.2, 0) is 6.61 Å². The molecule has 0 aliphatic rings. The Morgan fingerprint density at radius 2 is 1.67 bits per heavy atom. The summed E-state index contributed by atoms with van der Waals surface area (Å²) < 4.78 is 11.0. The Balaban J connectivity index is 1.62. The monoisotopic (exact) mass is 360 g/mol. The lowest BCUT2D eigenvalue weighted by molar-refractivity contribution is 0.0955. The van der Waals surface area contributed by atoms with Gasteiger partial charge in [0.2, 0.25) is 0 Å². The molecule has 5 heteroatoms. The van der Waals surface area contributed by atoms with Crippen LogP contribution in [0.4, 0.5) is 0 Å². The maximum atomic E-state index is 12.1. The lowest BCUT2D eigenvalue weighted by Gasteiger charge is -2.09. The van der Waals surface area contributed by atoms with Crippen molar-refractivity contribution >= 4 is 12.1 Å². The van der Waals surface area contributed by atoms with Crippen molar-refractivity contribution in [1.29, 1.82) is 0 Å². The summed E-state index contributed by atoms with van der Waals surface area (Å²) in [5.74, 6) is 1.10. The summed E-state index contributed by atoms with van der Waals surface area (Å²) in [5.41, 5.74) is 4.88. The van der Waals surface area contributed by atoms with E-state index in [1.807, 2.05) is 54.6 Å². The number of nitrogens with one attached hydrogen (secondary N) is 1. The highest BCUT2D eigenvalue weighted by molar-refractivity contribution is 5.95. The minimum Gasteiger partial charge on any atom is -0.497 e. The number of carbonyl (C=O) groups excluding carboxylic acids is 1. The van der Waals surface area contributed by atoms with E-state index in [0.29, 0.717) is 23.7 Å². The van der Waals surface area contributed by atoms with Crippen LogP contribution in [0, 0.1) is 0 Å². The molecule has 3 rings (SSSR count). The molecule has 5 nitrogen and oxygen atoms in total. The standard InChI is InChI=1S/C22H20N2O3/c1-26-20-13-11-18(12-14-20)22(25)24-23-15-19-9-5-6-10-21(19)27-16-17-7-3-2-4-8-17/h2-15H,16H2,1H3,(H,24,25)/b23-15+. The average molecular weight is 360 g/mol. The number of hydrogen-bond donors (Lipinski definition) is 1. The molecule has 0 fully saturated rings. The number of carbonyl (C=O) groups is 1. The van der Waals surface area contributed by atoms with Gasteiger partial charge < -0.3 is 9.47 Å². The maximum absolute atomic E-state index is 12.1. The van der Waals surface area contributed by atoms with Crippen molar-refractivity contribution in [2.75, 3.05) is 7.11 Å². The van der Waals surface area contributed by atoms with Gasteiger partial charge in [-0.25, -0.2) is 5.43 Å². The number of ether oxygens (including phenoxy) is 2. The summed E-state index contributed by atoms with van der Waals surface area (Å²) in [5, 5.41) is 4.04. The molecular weight excluding hydrogens is 340 g/mol. The Morgan fingerprint density at radius 1 is 0.963 bits per heavy atom. The number of para-hydroxylation sites is 1. The maximum Gasteiger partial charge on any atom is 0.271 e. The fourth-order valence-corrected chi connectivity index (χ4v) is 2.42. The second kappa shape index (κ2) is 9.20. The van der Waals surface area contributed by atoms with E-state index >= 15 is 0 Å². The summed E-state index contributed by atoms with van der Waals surface area (Å²) in [6, 6.07) is 24.3. The van der Waals surface area contributed by atoms with E-state index in [-0.39, 0.29) is 5.91 Å². The van der Waals surface area contributed by atoms with Gasteiger partial charge in [0, 0.05) is 11.1 Å². The molecule has 0 aliphatic heterocycles. The lowest BCUT2D eigenvalue weighted by atomic mass is 10.2. The predicted octanol–water partition coefficient (Wildman–Crippen LogP) is 4.04. The van der Waals surface area contributed by atoms with Crippen molar-refractivity contribution in [2.45, 2.75) is 6.61 Å². The number of methoxy groups -OCH3 is 1. The molecule has 1 N–H and O–H groups in total. The first-order valence-electron chi connectivity index (χ1n) is 8.49. The summed E-state index contributed by atoms with van der Waals surface area (Å²) >= 11 is 0. The Kier molecular flexibility index (Phi) is 6.20. The van der Waals surface area contributed by atoms with E-state index < -0.39 is 0 Å². The van der Waals surface area contributed by atoms with Crippen LogP contribution in [-0.4, -0.2) is 19.2 Å². The van der Waals surface area contributed by atoms with Crippen molar-refractivity contribution in [3.8, 4) is 11.5 Å². The second-order valence-corrected chi connectivity index (χ2v) is 5.74. The lowest BCUT2D eigenvalue weighted by Crippen LogP contribution is -2.17. The smallest absolute Gasteiger partial charge is 0.271 e. The van der Waals surface area contributed by atoms with Crippen LogP contribution in [0.15, 0.2) is 84.0 Å². The largest absolute Gasteiger partial charge is 0.497 e. The zero-order valence-electron chi connectivity index (χ0n) is 15.0. The first kappa shape index (κ1) is 18.2. The Labute approximate surface area is 158 Å². The third-order valence-electron chi connectivity index (χ3n) is 3.88. The fraction of sp³-hybridized carbons (Fsp3) is 0.0909. The first-order valence-corrected chi connectivity index (χ1v) is 8.49. The summed E-state index contributed by atoms with van der Waals surface area (Å²) in [4.78, 5) is 12.1. The molecule has 0 spiro atoms. The van der Waals surface area contributed by atoms with E-state index in [4.69, 9.17) is 9.47 Å². The molecule has 0 saturated heterocycles. The average Bonchev–Trinajstić information content (AvgIpc) is 2.74. The molecule has 136 valence electrons. The molecule has 3 aromatic carbocycles. The highest BCUT2D eigenvalue weighted by atomic mass is 16.5. The second-order valence-electron chi connectivity index (χ2n) is 5.74. The first-order chi connectivity index (χ1) is 13.3. The molecule has 0 aromatic heterocycles. The number of rotatable bonds is 7. The van der Waals surface area contributed by atoms with Gasteiger partial charge >= 0.3 is 0 Å². The van der Waals surface area contributed by atoms with Crippen molar-refractivity contribution < 1.29 is 14.3 Å². The van der Waals surface area contributed by atoms with Crippen LogP contribution in [0.3, 0.4) is 0 Å². The number of amides is 1. The summed E-state index contributed by atoms with van der Waals surface area (Å²) in [6.45, 7) is 0.462. The predicted molar refractivity (Wildman–Crippen MR) is 105 cm³/mol. The molecule has 27 heavy (non-hydrogen) atoms. The van der Waals surface area contributed by atoms with Crippen molar-refractivity contribution in [3.63, 3.8) is 0 Å². The molecule has 0 unspecified atom stereocenters. The van der Waals surface area contributed by atoms with Crippen molar-refractivity contribution in [1.82, 2.24) is 5.43 Å². The van der Waals surface area contributed by atoms with Crippen LogP contribution in [0.2, 0.25) is 0 Å². The van der Waals surface area contributed by atoms with Gasteiger partial charge in [-0.1, -0.05) is 42.5 Å². The third-order valence-corrected chi connectivity index (χ3v) is 3.88. The number of hydrazone groups is 1. The minimum absolute atomic E-state index is 0.295. The molecular formula is C22H20N2O3. The SMILES string of the molecule is COc1ccc(C(=O)N/N=C/c2ccccc2OCc2ccccc2)cc1. The van der Waals surface area contributed by atoms with E-state index in [1.165, 1.54) is 0 Å². The van der Waals surface area contributed by atoms with E-state index in [9.17, 15) is 4.79 Å². The van der Waals surface area contributed by atoms with Gasteiger partial charge in [0.1, 0.15) is 18.1 Å². The zero-order chi connectivity index (χ0) is 18.9. The van der Waals surface area contributed by atoms with Crippen LogP contribution in [0.1, 0.15) is 21.5 Å². The minimum atomic E-state index is -0.295. The van der Waals surface area contributed by atoms with Gasteiger partial charge in [0.25, 0.3) is 5.91 Å². The third kappa shape index (κ3) is 5.19. The summed E-state index contributed by atoms with van der Waals surface area (Å²) in [6.07, 6.45) is 1.57. The molecule has 0 radical (unpaired) electrons.